The van der Waals surface area contributed by atoms with E-state index in [1.54, 1.807) is 7.05 Å². The van der Waals surface area contributed by atoms with Crippen LogP contribution in [0.4, 0.5) is 0 Å². The highest BCUT2D eigenvalue weighted by molar-refractivity contribution is 5.81. The number of rotatable bonds is 5. The average molecular weight is 214 g/mol. The van der Waals surface area contributed by atoms with E-state index in [-0.39, 0.29) is 18.6 Å². The van der Waals surface area contributed by atoms with Gasteiger partial charge in [-0.25, -0.2) is 0 Å². The molecule has 0 radical (unpaired) electrons. The fourth-order valence-corrected chi connectivity index (χ4v) is 2.15. The number of nitrogens with zero attached hydrogens (tertiary/aromatic N) is 1. The standard InChI is InChI=1S/C11H22N2O2/c1-12-11(15)10-6-2-3-7-13(10)8-4-5-9-14/h10,14H,2-9H2,1H3,(H,12,15). The van der Waals surface area contributed by atoms with E-state index in [0.717, 1.165) is 38.8 Å². The maximum absolute atomic E-state index is 11.6. The lowest BCUT2D eigenvalue weighted by molar-refractivity contribution is -0.127. The van der Waals surface area contributed by atoms with Gasteiger partial charge in [0.25, 0.3) is 0 Å². The van der Waals surface area contributed by atoms with Crippen molar-refractivity contribution in [1.29, 1.82) is 0 Å². The van der Waals surface area contributed by atoms with Gasteiger partial charge in [-0.15, -0.1) is 0 Å². The van der Waals surface area contributed by atoms with Gasteiger partial charge in [-0.1, -0.05) is 6.42 Å². The summed E-state index contributed by atoms with van der Waals surface area (Å²) < 4.78 is 0. The summed E-state index contributed by atoms with van der Waals surface area (Å²) in [5.74, 6) is 0.138. The van der Waals surface area contributed by atoms with Crippen LogP contribution in [0.5, 0.6) is 0 Å². The summed E-state index contributed by atoms with van der Waals surface area (Å²) in [4.78, 5) is 13.9. The summed E-state index contributed by atoms with van der Waals surface area (Å²) in [6, 6.07) is 0.0578. The molecule has 88 valence electrons. The molecular formula is C11H22N2O2. The first-order valence-electron chi connectivity index (χ1n) is 5.86. The van der Waals surface area contributed by atoms with E-state index >= 15 is 0 Å². The molecule has 4 heteroatoms. The first-order valence-corrected chi connectivity index (χ1v) is 5.86. The van der Waals surface area contributed by atoms with Crippen molar-refractivity contribution in [3.8, 4) is 0 Å². The summed E-state index contributed by atoms with van der Waals surface area (Å²) in [6.07, 6.45) is 5.11. The number of likely N-dealkylation sites (tertiary alicyclic amines) is 1. The van der Waals surface area contributed by atoms with E-state index in [9.17, 15) is 4.79 Å². The molecule has 15 heavy (non-hydrogen) atoms. The summed E-state index contributed by atoms with van der Waals surface area (Å²) in [6.45, 7) is 2.20. The van der Waals surface area contributed by atoms with E-state index in [1.807, 2.05) is 0 Å². The van der Waals surface area contributed by atoms with Crippen molar-refractivity contribution in [3.63, 3.8) is 0 Å². The van der Waals surface area contributed by atoms with Gasteiger partial charge in [0.05, 0.1) is 6.04 Å². The Morgan fingerprint density at radius 2 is 2.27 bits per heavy atom. The van der Waals surface area contributed by atoms with Gasteiger partial charge in [0.15, 0.2) is 0 Å². The van der Waals surface area contributed by atoms with Crippen molar-refractivity contribution in [1.82, 2.24) is 10.2 Å². The Kier molecular flexibility index (Phi) is 5.65. The van der Waals surface area contributed by atoms with Crippen molar-refractivity contribution >= 4 is 5.91 Å². The minimum atomic E-state index is 0.0578. The minimum absolute atomic E-state index is 0.0578. The number of nitrogens with one attached hydrogen (secondary N) is 1. The second-order valence-electron chi connectivity index (χ2n) is 4.09. The van der Waals surface area contributed by atoms with Gasteiger partial charge in [0.1, 0.15) is 0 Å². The average Bonchev–Trinajstić information content (AvgIpc) is 2.29. The molecule has 2 N–H and O–H groups in total. The predicted molar refractivity (Wildman–Crippen MR) is 59.6 cm³/mol. The van der Waals surface area contributed by atoms with Crippen LogP contribution in [-0.4, -0.2) is 48.7 Å². The molecule has 0 spiro atoms. The van der Waals surface area contributed by atoms with Gasteiger partial charge in [-0.05, 0) is 38.8 Å². The third-order valence-electron chi connectivity index (χ3n) is 3.02. The fourth-order valence-electron chi connectivity index (χ4n) is 2.15. The number of likely N-dealkylation sites (N-methyl/N-ethyl adjacent to an activating group) is 1. The number of carbonyl (C=O) groups excluding carboxylic acids is 1. The third kappa shape index (κ3) is 3.80. The summed E-state index contributed by atoms with van der Waals surface area (Å²) in [7, 11) is 1.70. The number of hydrogen-bond donors (Lipinski definition) is 2. The molecule has 0 aromatic rings. The normalized spacial score (nSPS) is 22.7. The zero-order valence-corrected chi connectivity index (χ0v) is 9.54. The molecule has 0 aromatic heterocycles. The highest BCUT2D eigenvalue weighted by Crippen LogP contribution is 2.17. The zero-order chi connectivity index (χ0) is 11.1. The molecule has 1 heterocycles. The molecule has 0 aromatic carbocycles. The van der Waals surface area contributed by atoms with Crippen LogP contribution in [0.1, 0.15) is 32.1 Å². The molecule has 1 atom stereocenters. The molecule has 1 amide bonds. The summed E-state index contributed by atoms with van der Waals surface area (Å²) >= 11 is 0. The Labute approximate surface area is 91.6 Å². The largest absolute Gasteiger partial charge is 0.396 e. The van der Waals surface area contributed by atoms with Crippen LogP contribution in [-0.2, 0) is 4.79 Å². The van der Waals surface area contributed by atoms with Gasteiger partial charge >= 0.3 is 0 Å². The maximum Gasteiger partial charge on any atom is 0.237 e. The van der Waals surface area contributed by atoms with Crippen LogP contribution in [0, 0.1) is 0 Å². The third-order valence-corrected chi connectivity index (χ3v) is 3.02. The van der Waals surface area contributed by atoms with Crippen molar-refractivity contribution in [2.75, 3.05) is 26.7 Å². The zero-order valence-electron chi connectivity index (χ0n) is 9.54. The first-order chi connectivity index (χ1) is 7.29. The Hall–Kier alpha value is -0.610. The predicted octanol–water partition coefficient (Wildman–Crippen LogP) is 0.359. The van der Waals surface area contributed by atoms with Crippen LogP contribution in [0.2, 0.25) is 0 Å². The van der Waals surface area contributed by atoms with Gasteiger partial charge in [0, 0.05) is 13.7 Å². The number of carbonyl (C=O) groups is 1. The van der Waals surface area contributed by atoms with Crippen LogP contribution < -0.4 is 5.32 Å². The number of aliphatic hydroxyl groups excluding tert-OH is 1. The highest BCUT2D eigenvalue weighted by atomic mass is 16.2. The SMILES string of the molecule is CNC(=O)C1CCCCN1CCCCO. The maximum atomic E-state index is 11.6. The van der Waals surface area contributed by atoms with Crippen molar-refractivity contribution in [2.45, 2.75) is 38.1 Å². The molecule has 1 aliphatic rings. The quantitative estimate of drug-likeness (QED) is 0.650. The van der Waals surface area contributed by atoms with Crippen LogP contribution in [0.3, 0.4) is 0 Å². The lowest BCUT2D eigenvalue weighted by atomic mass is 10.0. The highest BCUT2D eigenvalue weighted by Gasteiger charge is 2.26. The topological polar surface area (TPSA) is 52.6 Å². The Morgan fingerprint density at radius 1 is 1.47 bits per heavy atom. The monoisotopic (exact) mass is 214 g/mol. The minimum Gasteiger partial charge on any atom is -0.396 e. The summed E-state index contributed by atoms with van der Waals surface area (Å²) in [5, 5.41) is 11.4. The van der Waals surface area contributed by atoms with E-state index in [0.29, 0.717) is 0 Å². The number of unbranched alkanes of at least 4 members (excludes halogenated alkanes) is 1. The molecule has 0 aliphatic carbocycles. The van der Waals surface area contributed by atoms with Crippen molar-refractivity contribution in [3.05, 3.63) is 0 Å². The van der Waals surface area contributed by atoms with E-state index in [2.05, 4.69) is 10.2 Å². The second-order valence-corrected chi connectivity index (χ2v) is 4.09. The molecule has 1 fully saturated rings. The molecule has 0 bridgehead atoms. The van der Waals surface area contributed by atoms with Crippen LogP contribution in [0.15, 0.2) is 0 Å². The second kappa shape index (κ2) is 6.80. The molecule has 0 saturated carbocycles. The van der Waals surface area contributed by atoms with Gasteiger partial charge < -0.3 is 10.4 Å². The Balaban J connectivity index is 2.39. The Bertz CT molecular complexity index is 197. The van der Waals surface area contributed by atoms with Crippen molar-refractivity contribution in [2.24, 2.45) is 0 Å². The number of hydrogen-bond acceptors (Lipinski definition) is 3. The van der Waals surface area contributed by atoms with E-state index in [1.165, 1.54) is 6.42 Å². The number of piperidine rings is 1. The molecule has 1 saturated heterocycles. The van der Waals surface area contributed by atoms with Crippen LogP contribution >= 0.6 is 0 Å². The van der Waals surface area contributed by atoms with Gasteiger partial charge in [-0.3, -0.25) is 9.69 Å². The number of amides is 1. The van der Waals surface area contributed by atoms with Crippen LogP contribution in [0.25, 0.3) is 0 Å². The fraction of sp³-hybridized carbons (Fsp3) is 0.909. The molecule has 1 rings (SSSR count). The smallest absolute Gasteiger partial charge is 0.237 e. The molecular weight excluding hydrogens is 192 g/mol. The lowest BCUT2D eigenvalue weighted by Crippen LogP contribution is -2.48. The van der Waals surface area contributed by atoms with E-state index in [4.69, 9.17) is 5.11 Å². The Morgan fingerprint density at radius 3 is 2.93 bits per heavy atom. The van der Waals surface area contributed by atoms with E-state index < -0.39 is 0 Å². The lowest BCUT2D eigenvalue weighted by Gasteiger charge is -2.34. The van der Waals surface area contributed by atoms with Gasteiger partial charge in [-0.2, -0.15) is 0 Å². The van der Waals surface area contributed by atoms with Crippen molar-refractivity contribution < 1.29 is 9.90 Å². The number of aliphatic hydroxyl groups is 1. The molecule has 1 unspecified atom stereocenters. The van der Waals surface area contributed by atoms with Gasteiger partial charge in [0.2, 0.25) is 5.91 Å². The summed E-state index contributed by atoms with van der Waals surface area (Å²) in [5.41, 5.74) is 0. The molecule has 1 aliphatic heterocycles. The first kappa shape index (κ1) is 12.5. The molecule has 4 nitrogen and oxygen atoms in total.